The van der Waals surface area contributed by atoms with E-state index in [1.807, 2.05) is 25.1 Å². The van der Waals surface area contributed by atoms with Crippen molar-refractivity contribution in [3.8, 4) is 23.1 Å². The highest BCUT2D eigenvalue weighted by Gasteiger charge is 2.13. The third-order valence-electron chi connectivity index (χ3n) is 3.71. The van der Waals surface area contributed by atoms with Crippen LogP contribution in [0.3, 0.4) is 0 Å². The second kappa shape index (κ2) is 6.64. The van der Waals surface area contributed by atoms with Crippen molar-refractivity contribution in [2.24, 2.45) is 0 Å². The van der Waals surface area contributed by atoms with Crippen LogP contribution in [-0.4, -0.2) is 28.3 Å². The second-order valence-electron chi connectivity index (χ2n) is 5.37. The number of hydrogen-bond acceptors (Lipinski definition) is 7. The van der Waals surface area contributed by atoms with Crippen LogP contribution in [0.5, 0.6) is 11.5 Å². The Morgan fingerprint density at radius 1 is 1.31 bits per heavy atom. The molecule has 0 fully saturated rings. The Bertz CT molecular complexity index is 1160. The van der Waals surface area contributed by atoms with Gasteiger partial charge in [-0.15, -0.1) is 5.10 Å². The molecule has 1 aromatic carbocycles. The van der Waals surface area contributed by atoms with Gasteiger partial charge in [0.25, 0.3) is 5.56 Å². The van der Waals surface area contributed by atoms with Gasteiger partial charge in [0.2, 0.25) is 10.8 Å². The minimum absolute atomic E-state index is 0.219. The van der Waals surface area contributed by atoms with E-state index in [-0.39, 0.29) is 5.56 Å². The van der Waals surface area contributed by atoms with E-state index in [0.717, 1.165) is 5.56 Å². The van der Waals surface area contributed by atoms with Crippen LogP contribution < -0.4 is 19.6 Å². The third-order valence-corrected chi connectivity index (χ3v) is 4.67. The van der Waals surface area contributed by atoms with E-state index in [2.05, 4.69) is 10.1 Å². The van der Waals surface area contributed by atoms with Crippen molar-refractivity contribution >= 4 is 22.4 Å². The number of benzene rings is 1. The molecule has 0 radical (unpaired) electrons. The van der Waals surface area contributed by atoms with Crippen molar-refractivity contribution in [2.75, 3.05) is 13.7 Å². The number of aromatic nitrogens is 3. The zero-order valence-electron chi connectivity index (χ0n) is 14.1. The molecule has 132 valence electrons. The van der Waals surface area contributed by atoms with Crippen LogP contribution in [0, 0.1) is 0 Å². The molecule has 0 amide bonds. The van der Waals surface area contributed by atoms with Crippen molar-refractivity contribution < 1.29 is 13.9 Å². The van der Waals surface area contributed by atoms with Crippen LogP contribution in [0.25, 0.3) is 22.6 Å². The Hall–Kier alpha value is -3.13. The van der Waals surface area contributed by atoms with E-state index in [1.54, 1.807) is 31.6 Å². The van der Waals surface area contributed by atoms with E-state index < -0.39 is 0 Å². The molecule has 4 rings (SSSR count). The SMILES string of the molecule is CCOc1ccc(/C=c2/sc3nc(-c4ccco4)nn3c2=O)cc1OC. The van der Waals surface area contributed by atoms with Gasteiger partial charge < -0.3 is 13.9 Å². The summed E-state index contributed by atoms with van der Waals surface area (Å²) in [7, 11) is 1.58. The predicted molar refractivity (Wildman–Crippen MR) is 97.8 cm³/mol. The molecule has 8 heteroatoms. The average Bonchev–Trinajstić information content (AvgIpc) is 3.35. The molecule has 0 spiro atoms. The Balaban J connectivity index is 1.76. The Kier molecular flexibility index (Phi) is 4.18. The first-order valence-electron chi connectivity index (χ1n) is 7.95. The highest BCUT2D eigenvalue weighted by molar-refractivity contribution is 7.15. The summed E-state index contributed by atoms with van der Waals surface area (Å²) in [6.07, 6.45) is 3.33. The standard InChI is InChI=1S/C18H15N3O4S/c1-3-24-12-7-6-11(9-14(12)23-2)10-15-17(22)21-18(26-15)19-16(20-21)13-5-4-8-25-13/h4-10H,3H2,1-2H3/b15-10+. The molecule has 0 aliphatic heterocycles. The molecule has 3 heterocycles. The lowest BCUT2D eigenvalue weighted by molar-refractivity contribution is 0.311. The Morgan fingerprint density at radius 2 is 2.19 bits per heavy atom. The number of thiazole rings is 1. The largest absolute Gasteiger partial charge is 0.493 e. The molecule has 0 aliphatic carbocycles. The lowest BCUT2D eigenvalue weighted by Crippen LogP contribution is -2.23. The molecule has 3 aromatic heterocycles. The molecule has 0 bridgehead atoms. The number of ether oxygens (including phenoxy) is 2. The highest BCUT2D eigenvalue weighted by Crippen LogP contribution is 2.28. The Morgan fingerprint density at radius 3 is 2.88 bits per heavy atom. The number of hydrogen-bond donors (Lipinski definition) is 0. The zero-order chi connectivity index (χ0) is 18.1. The van der Waals surface area contributed by atoms with E-state index >= 15 is 0 Å². The first kappa shape index (κ1) is 16.3. The third kappa shape index (κ3) is 2.84. The number of nitrogens with zero attached hydrogens (tertiary/aromatic N) is 3. The van der Waals surface area contributed by atoms with Gasteiger partial charge in [0.05, 0.1) is 24.5 Å². The maximum absolute atomic E-state index is 12.6. The molecular weight excluding hydrogens is 354 g/mol. The molecule has 0 aliphatic rings. The normalized spacial score (nSPS) is 12.0. The summed E-state index contributed by atoms with van der Waals surface area (Å²) in [6, 6.07) is 9.03. The summed E-state index contributed by atoms with van der Waals surface area (Å²) < 4.78 is 18.0. The average molecular weight is 369 g/mol. The number of fused-ring (bicyclic) bond motifs is 1. The van der Waals surface area contributed by atoms with Gasteiger partial charge in [0, 0.05) is 0 Å². The van der Waals surface area contributed by atoms with Gasteiger partial charge in [-0.05, 0) is 42.8 Å². The number of methoxy groups -OCH3 is 1. The first-order valence-corrected chi connectivity index (χ1v) is 8.77. The van der Waals surface area contributed by atoms with Crippen LogP contribution >= 0.6 is 11.3 Å². The van der Waals surface area contributed by atoms with Crippen molar-refractivity contribution in [1.82, 2.24) is 14.6 Å². The van der Waals surface area contributed by atoms with Crippen molar-refractivity contribution in [3.63, 3.8) is 0 Å². The van der Waals surface area contributed by atoms with Gasteiger partial charge in [0.15, 0.2) is 17.3 Å². The van der Waals surface area contributed by atoms with Gasteiger partial charge in [-0.2, -0.15) is 9.50 Å². The van der Waals surface area contributed by atoms with Crippen molar-refractivity contribution in [3.05, 3.63) is 57.0 Å². The lowest BCUT2D eigenvalue weighted by atomic mass is 10.2. The first-order chi connectivity index (χ1) is 12.7. The van der Waals surface area contributed by atoms with Gasteiger partial charge in [-0.25, -0.2) is 0 Å². The summed E-state index contributed by atoms with van der Waals surface area (Å²) in [5.41, 5.74) is 0.612. The summed E-state index contributed by atoms with van der Waals surface area (Å²) in [5, 5.41) is 4.23. The minimum Gasteiger partial charge on any atom is -0.493 e. The Labute approximate surface area is 152 Å². The molecule has 0 atom stereocenters. The van der Waals surface area contributed by atoms with Crippen LogP contribution in [-0.2, 0) is 0 Å². The van der Waals surface area contributed by atoms with Crippen LogP contribution in [0.1, 0.15) is 12.5 Å². The fourth-order valence-electron chi connectivity index (χ4n) is 2.54. The predicted octanol–water partition coefficient (Wildman–Crippen LogP) is 2.37. The van der Waals surface area contributed by atoms with Gasteiger partial charge in [-0.3, -0.25) is 4.79 Å². The molecule has 0 unspecified atom stereocenters. The fourth-order valence-corrected chi connectivity index (χ4v) is 3.45. The monoisotopic (exact) mass is 369 g/mol. The van der Waals surface area contributed by atoms with Crippen molar-refractivity contribution in [1.29, 1.82) is 0 Å². The maximum atomic E-state index is 12.6. The lowest BCUT2D eigenvalue weighted by Gasteiger charge is -2.09. The second-order valence-corrected chi connectivity index (χ2v) is 6.38. The number of rotatable bonds is 5. The smallest absolute Gasteiger partial charge is 0.291 e. The van der Waals surface area contributed by atoms with Gasteiger partial charge in [-0.1, -0.05) is 17.4 Å². The van der Waals surface area contributed by atoms with E-state index in [0.29, 0.717) is 39.2 Å². The summed E-state index contributed by atoms with van der Waals surface area (Å²) in [4.78, 5) is 17.5. The van der Waals surface area contributed by atoms with E-state index in [9.17, 15) is 4.79 Å². The molecule has 0 saturated heterocycles. The highest BCUT2D eigenvalue weighted by atomic mass is 32.1. The molecule has 26 heavy (non-hydrogen) atoms. The summed E-state index contributed by atoms with van der Waals surface area (Å²) in [5.74, 6) is 2.21. The van der Waals surface area contributed by atoms with Gasteiger partial charge >= 0.3 is 0 Å². The van der Waals surface area contributed by atoms with Crippen LogP contribution in [0.4, 0.5) is 0 Å². The quantitative estimate of drug-likeness (QED) is 0.537. The van der Waals surface area contributed by atoms with Crippen LogP contribution in [0.2, 0.25) is 0 Å². The summed E-state index contributed by atoms with van der Waals surface area (Å²) in [6.45, 7) is 2.46. The minimum atomic E-state index is -0.219. The number of furan rings is 1. The van der Waals surface area contributed by atoms with E-state index in [1.165, 1.54) is 15.9 Å². The molecule has 4 aromatic rings. The topological polar surface area (TPSA) is 78.9 Å². The van der Waals surface area contributed by atoms with Crippen LogP contribution in [0.15, 0.2) is 45.8 Å². The molecular formula is C18H15N3O4S. The molecule has 0 saturated carbocycles. The van der Waals surface area contributed by atoms with E-state index in [4.69, 9.17) is 13.9 Å². The van der Waals surface area contributed by atoms with Crippen molar-refractivity contribution in [2.45, 2.75) is 6.92 Å². The molecule has 7 nitrogen and oxygen atoms in total. The summed E-state index contributed by atoms with van der Waals surface area (Å²) >= 11 is 1.27. The maximum Gasteiger partial charge on any atom is 0.291 e. The molecule has 0 N–H and O–H groups in total. The van der Waals surface area contributed by atoms with Gasteiger partial charge in [0.1, 0.15) is 0 Å². The zero-order valence-corrected chi connectivity index (χ0v) is 14.9. The fraction of sp³-hybridized carbons (Fsp3) is 0.167.